The van der Waals surface area contributed by atoms with Crippen LogP contribution in [0.1, 0.15) is 31.0 Å². The first-order chi connectivity index (χ1) is 17.9. The van der Waals surface area contributed by atoms with E-state index in [-0.39, 0.29) is 36.9 Å². The van der Waals surface area contributed by atoms with Gasteiger partial charge < -0.3 is 25.5 Å². The van der Waals surface area contributed by atoms with E-state index in [1.165, 1.54) is 0 Å². The van der Waals surface area contributed by atoms with E-state index in [2.05, 4.69) is 25.8 Å². The largest absolute Gasteiger partial charge is 0.367 e. The number of H-pyrrole nitrogens is 1. The van der Waals surface area contributed by atoms with Crippen LogP contribution in [-0.4, -0.2) is 79.6 Å². The van der Waals surface area contributed by atoms with Crippen LogP contribution in [0.25, 0.3) is 10.9 Å². The molecule has 2 unspecified atom stereocenters. The second-order valence-corrected chi connectivity index (χ2v) is 9.36. The van der Waals surface area contributed by atoms with Crippen molar-refractivity contribution in [1.29, 1.82) is 0 Å². The Bertz CT molecular complexity index is 1350. The van der Waals surface area contributed by atoms with Gasteiger partial charge in [-0.3, -0.25) is 24.7 Å². The van der Waals surface area contributed by atoms with Crippen molar-refractivity contribution in [3.8, 4) is 0 Å². The van der Waals surface area contributed by atoms with Crippen LogP contribution in [0.4, 0.5) is 0 Å². The number of fused-ring (bicyclic) bond motifs is 1. The third-order valence-electron chi connectivity index (χ3n) is 6.85. The number of carbonyl (C=O) groups excluding carboxylic acids is 2. The number of hydrogen-bond donors (Lipinski definition) is 4. The summed E-state index contributed by atoms with van der Waals surface area (Å²) in [5, 5.41) is 24.8. The lowest BCUT2D eigenvalue weighted by Gasteiger charge is -2.35. The summed E-state index contributed by atoms with van der Waals surface area (Å²) in [7, 11) is 0. The van der Waals surface area contributed by atoms with Crippen molar-refractivity contribution in [2.45, 2.75) is 38.6 Å². The number of hydrogen-bond acceptors (Lipinski definition) is 7. The molecule has 37 heavy (non-hydrogen) atoms. The molecule has 11 heteroatoms. The van der Waals surface area contributed by atoms with Crippen molar-refractivity contribution in [2.75, 3.05) is 19.6 Å². The molecule has 3 atom stereocenters. The van der Waals surface area contributed by atoms with Crippen LogP contribution in [0, 0.1) is 0 Å². The minimum Gasteiger partial charge on any atom is -0.367 e. The predicted octanol–water partition coefficient (Wildman–Crippen LogP) is 1.07. The monoisotopic (exact) mass is 502 g/mol. The molecule has 2 aliphatic rings. The van der Waals surface area contributed by atoms with Crippen LogP contribution in [0.2, 0.25) is 0 Å². The van der Waals surface area contributed by atoms with E-state index < -0.39 is 6.23 Å². The van der Waals surface area contributed by atoms with Crippen LogP contribution in [-0.2, 0) is 16.1 Å². The molecule has 2 aliphatic heterocycles. The molecule has 3 aromatic rings. The average molecular weight is 503 g/mol. The third kappa shape index (κ3) is 5.31. The molecule has 4 N–H and O–H groups in total. The molecule has 0 aliphatic carbocycles. The van der Waals surface area contributed by atoms with Gasteiger partial charge in [0.1, 0.15) is 0 Å². The summed E-state index contributed by atoms with van der Waals surface area (Å²) in [6.07, 6.45) is 3.98. The van der Waals surface area contributed by atoms with Crippen LogP contribution < -0.4 is 10.6 Å². The van der Waals surface area contributed by atoms with Crippen LogP contribution in [0.3, 0.4) is 0 Å². The minimum absolute atomic E-state index is 0.00349. The zero-order chi connectivity index (χ0) is 25.9. The molecular weight excluding hydrogens is 472 g/mol. The normalized spacial score (nSPS) is 22.7. The van der Waals surface area contributed by atoms with Gasteiger partial charge in [0.15, 0.2) is 12.1 Å². The minimum atomic E-state index is -1.13. The summed E-state index contributed by atoms with van der Waals surface area (Å²) < 4.78 is 0. The Morgan fingerprint density at radius 1 is 1.22 bits per heavy atom. The zero-order valence-electron chi connectivity index (χ0n) is 20.8. The number of likely N-dealkylation sites (tertiary alicyclic amines) is 1. The molecular formula is C26H30N8O3. The Kier molecular flexibility index (Phi) is 6.87. The molecule has 1 saturated heterocycles. The van der Waals surface area contributed by atoms with Gasteiger partial charge in [-0.15, -0.1) is 0 Å². The van der Waals surface area contributed by atoms with E-state index in [1.807, 2.05) is 43.3 Å². The molecule has 1 fully saturated rings. The number of aliphatic hydroxyl groups excluding tert-OH is 1. The van der Waals surface area contributed by atoms with E-state index in [1.54, 1.807) is 35.3 Å². The molecule has 4 heterocycles. The number of aliphatic hydroxyl groups is 1. The summed E-state index contributed by atoms with van der Waals surface area (Å²) in [6.45, 7) is 4.60. The lowest BCUT2D eigenvalue weighted by Crippen LogP contribution is -2.52. The number of nitrogens with zero attached hydrogens (tertiary/aromatic N) is 5. The number of rotatable bonds is 6. The number of allylic oxidation sites excluding steroid dienone is 1. The topological polar surface area (TPSA) is 139 Å². The lowest BCUT2D eigenvalue weighted by molar-refractivity contribution is -0.128. The smallest absolute Gasteiger partial charge is 0.239 e. The van der Waals surface area contributed by atoms with Gasteiger partial charge >= 0.3 is 0 Å². The Morgan fingerprint density at radius 3 is 2.81 bits per heavy atom. The van der Waals surface area contributed by atoms with E-state index in [0.29, 0.717) is 30.3 Å². The van der Waals surface area contributed by atoms with Gasteiger partial charge in [-0.25, -0.2) is 0 Å². The van der Waals surface area contributed by atoms with E-state index in [0.717, 1.165) is 16.5 Å². The fourth-order valence-corrected chi connectivity index (χ4v) is 4.76. The van der Waals surface area contributed by atoms with Crippen molar-refractivity contribution in [1.82, 2.24) is 35.6 Å². The number of benzene rings is 1. The van der Waals surface area contributed by atoms with E-state index >= 15 is 0 Å². The molecule has 0 spiro atoms. The molecule has 0 saturated carbocycles. The van der Waals surface area contributed by atoms with E-state index in [4.69, 9.17) is 4.99 Å². The molecule has 5 rings (SSSR count). The van der Waals surface area contributed by atoms with Gasteiger partial charge in [0.05, 0.1) is 42.7 Å². The Hall–Kier alpha value is -4.25. The van der Waals surface area contributed by atoms with Crippen molar-refractivity contribution >= 4 is 28.6 Å². The molecule has 2 aromatic heterocycles. The Labute approximate surface area is 214 Å². The lowest BCUT2D eigenvalue weighted by atomic mass is 9.95. The van der Waals surface area contributed by atoms with Gasteiger partial charge in [-0.2, -0.15) is 5.10 Å². The zero-order valence-corrected chi connectivity index (χ0v) is 20.8. The highest BCUT2D eigenvalue weighted by Crippen LogP contribution is 2.30. The highest BCUT2D eigenvalue weighted by Gasteiger charge is 2.37. The maximum Gasteiger partial charge on any atom is 0.239 e. The quantitative estimate of drug-likeness (QED) is 0.396. The highest BCUT2D eigenvalue weighted by atomic mass is 16.3. The van der Waals surface area contributed by atoms with E-state index in [9.17, 15) is 14.7 Å². The van der Waals surface area contributed by atoms with Crippen molar-refractivity contribution in [3.05, 3.63) is 71.9 Å². The van der Waals surface area contributed by atoms with Gasteiger partial charge in [-0.1, -0.05) is 30.3 Å². The van der Waals surface area contributed by atoms with Crippen LogP contribution >= 0.6 is 0 Å². The molecule has 2 amide bonds. The number of aromatic amines is 1. The molecule has 1 aromatic carbocycles. The SMILES string of the molecule is CC(=O)N1CC(N=C2NC=C(C)N(CC(=O)NCc3cc4cn[nH]c4cn3)C2O)[C@@H](c2ccccc2)C1. The van der Waals surface area contributed by atoms with Crippen molar-refractivity contribution in [2.24, 2.45) is 4.99 Å². The number of aliphatic imine (C=N–C) groups is 1. The number of nitrogens with one attached hydrogen (secondary N) is 3. The highest BCUT2D eigenvalue weighted by molar-refractivity contribution is 5.89. The maximum absolute atomic E-state index is 12.8. The summed E-state index contributed by atoms with van der Waals surface area (Å²) in [5.74, 6) is 0.0985. The van der Waals surface area contributed by atoms with Crippen LogP contribution in [0.5, 0.6) is 0 Å². The molecule has 0 radical (unpaired) electrons. The summed E-state index contributed by atoms with van der Waals surface area (Å²) in [4.78, 5) is 37.4. The summed E-state index contributed by atoms with van der Waals surface area (Å²) in [6, 6.07) is 11.6. The fourth-order valence-electron chi connectivity index (χ4n) is 4.76. The standard InChI is InChI=1S/C26H30N8O3/c1-16-9-29-25(31-23-14-33(17(2)35)13-21(23)18-6-4-3-5-7-18)26(37)34(16)15-24(36)28-11-20-8-19-10-30-32-22(19)12-27-20/h3-10,12,21,23,26,37H,11,13-15H2,1-2H3,(H,28,36)(H,29,31)(H,30,32)/t21-,23?,26?/m1/s1. The second kappa shape index (κ2) is 10.4. The number of amides is 2. The first kappa shape index (κ1) is 24.4. The summed E-state index contributed by atoms with van der Waals surface area (Å²) in [5.41, 5.74) is 3.34. The van der Waals surface area contributed by atoms with Gasteiger partial charge in [0, 0.05) is 43.2 Å². The predicted molar refractivity (Wildman–Crippen MR) is 138 cm³/mol. The van der Waals surface area contributed by atoms with Gasteiger partial charge in [0.2, 0.25) is 11.8 Å². The molecule has 11 nitrogen and oxygen atoms in total. The maximum atomic E-state index is 12.8. The number of aromatic nitrogens is 3. The Morgan fingerprint density at radius 2 is 2.03 bits per heavy atom. The van der Waals surface area contributed by atoms with Crippen molar-refractivity contribution in [3.63, 3.8) is 0 Å². The fraction of sp³-hybridized carbons (Fsp3) is 0.346. The molecule has 192 valence electrons. The van der Waals surface area contributed by atoms with Crippen LogP contribution in [0.15, 0.2) is 65.7 Å². The first-order valence-electron chi connectivity index (χ1n) is 12.2. The number of carbonyl (C=O) groups is 2. The van der Waals surface area contributed by atoms with Crippen molar-refractivity contribution < 1.29 is 14.7 Å². The third-order valence-corrected chi connectivity index (χ3v) is 6.85. The van der Waals surface area contributed by atoms with Gasteiger partial charge in [-0.05, 0) is 18.6 Å². The number of amidine groups is 1. The second-order valence-electron chi connectivity index (χ2n) is 9.36. The Balaban J connectivity index is 1.27. The average Bonchev–Trinajstić information content (AvgIpc) is 3.54. The molecule has 0 bridgehead atoms. The van der Waals surface area contributed by atoms with Gasteiger partial charge in [0.25, 0.3) is 0 Å². The number of pyridine rings is 1. The summed E-state index contributed by atoms with van der Waals surface area (Å²) >= 11 is 0. The first-order valence-corrected chi connectivity index (χ1v) is 12.2.